The van der Waals surface area contributed by atoms with E-state index in [1.165, 1.54) is 103 Å². The molecule has 0 spiro atoms. The summed E-state index contributed by atoms with van der Waals surface area (Å²) < 4.78 is 56.0. The van der Waals surface area contributed by atoms with Crippen molar-refractivity contribution in [2.24, 2.45) is 0 Å². The van der Waals surface area contributed by atoms with Gasteiger partial charge in [-0.05, 0) is 103 Å². The molecule has 0 aliphatic carbocycles. The molecular formula is C73H109NO15. The van der Waals surface area contributed by atoms with Gasteiger partial charge in [0.25, 0.3) is 0 Å². The maximum Gasteiger partial charge on any atom is 0.338 e. The van der Waals surface area contributed by atoms with E-state index in [-0.39, 0.29) is 23.5 Å². The molecule has 1 amide bonds. The molecule has 0 unspecified atom stereocenters. The summed E-state index contributed by atoms with van der Waals surface area (Å²) in [5.74, 6) is -4.00. The van der Waals surface area contributed by atoms with Crippen molar-refractivity contribution in [1.82, 2.24) is 5.32 Å². The van der Waals surface area contributed by atoms with Crippen LogP contribution in [-0.4, -0.2) is 116 Å². The van der Waals surface area contributed by atoms with Crippen LogP contribution in [0.4, 0.5) is 0 Å². The van der Waals surface area contributed by atoms with Crippen molar-refractivity contribution in [2.45, 2.75) is 276 Å². The summed E-state index contributed by atoms with van der Waals surface area (Å²) in [6.45, 7) is 12.4. The lowest BCUT2D eigenvalue weighted by atomic mass is 9.98. The fraction of sp³-hybridized carbons (Fsp3) is 0.644. The van der Waals surface area contributed by atoms with E-state index < -0.39 is 110 Å². The van der Waals surface area contributed by atoms with Gasteiger partial charge in [-0.15, -0.1) is 0 Å². The summed E-state index contributed by atoms with van der Waals surface area (Å²) in [6.07, 6.45) is 24.1. The highest BCUT2D eigenvalue weighted by molar-refractivity contribution is 5.90. The van der Waals surface area contributed by atoms with E-state index in [4.69, 9.17) is 42.6 Å². The summed E-state index contributed by atoms with van der Waals surface area (Å²) in [4.78, 5) is 83.4. The summed E-state index contributed by atoms with van der Waals surface area (Å²) in [5, 5.41) is 3.14. The average molecular weight is 1240 g/mol. The molecule has 0 saturated carbocycles. The van der Waals surface area contributed by atoms with Gasteiger partial charge in [-0.2, -0.15) is 0 Å². The Labute approximate surface area is 532 Å². The van der Waals surface area contributed by atoms with Gasteiger partial charge in [-0.1, -0.05) is 216 Å². The minimum atomic E-state index is -1.63. The first kappa shape index (κ1) is 75.5. The Balaban J connectivity index is 1.72. The highest BCUT2D eigenvalue weighted by atomic mass is 16.7. The van der Waals surface area contributed by atoms with Crippen LogP contribution < -0.4 is 5.32 Å². The quantitative estimate of drug-likeness (QED) is 0.0242. The molecular weight excluding hydrogens is 1130 g/mol. The van der Waals surface area contributed by atoms with Crippen molar-refractivity contribution in [1.29, 1.82) is 0 Å². The number of benzene rings is 3. The smallest absolute Gasteiger partial charge is 0.338 e. The lowest BCUT2D eigenvalue weighted by Crippen LogP contribution is -2.63. The molecule has 16 nitrogen and oxygen atoms in total. The van der Waals surface area contributed by atoms with Crippen LogP contribution in [0, 0.1) is 0 Å². The second kappa shape index (κ2) is 43.7. The lowest BCUT2D eigenvalue weighted by molar-refractivity contribution is -0.313. The number of carbonyl (C=O) groups excluding carboxylic acids is 6. The Morgan fingerprint density at radius 3 is 1.37 bits per heavy atom. The maximum absolute atomic E-state index is 14.3. The highest BCUT2D eigenvalue weighted by Crippen LogP contribution is 2.32. The molecule has 1 N–H and O–H groups in total. The van der Waals surface area contributed by atoms with Crippen molar-refractivity contribution >= 4 is 35.8 Å². The van der Waals surface area contributed by atoms with Gasteiger partial charge in [0.15, 0.2) is 12.4 Å². The topological polar surface area (TPSA) is 198 Å². The molecule has 496 valence electrons. The van der Waals surface area contributed by atoms with Crippen molar-refractivity contribution in [3.05, 3.63) is 120 Å². The Hall–Kier alpha value is -5.94. The molecule has 3 aromatic rings. The van der Waals surface area contributed by atoms with E-state index in [2.05, 4.69) is 19.2 Å². The SMILES string of the molecule is CCCCCCCCCCCCCC=C[C@@H](OC(=O)c1ccccc1)[C@H](CO[C@@H]1O[C@H](COC(=O)c2ccccc2)[C@H](OCC(=O)OC(C)(C)C)[C@H](OCC(=O)OC(C)(C)C)[C@H]1OC(=O)c1ccccc1)NC(=O)CCCCCCCCCCCCCCC. The second-order valence-electron chi connectivity index (χ2n) is 25.5. The largest absolute Gasteiger partial charge is 0.459 e. The second-order valence-corrected chi connectivity index (χ2v) is 25.5. The number of allylic oxidation sites excluding steroid dienone is 1. The Bertz CT molecular complexity index is 2460. The lowest BCUT2D eigenvalue weighted by Gasteiger charge is -2.45. The summed E-state index contributed by atoms with van der Waals surface area (Å²) in [5.41, 5.74) is -1.14. The molecule has 16 heteroatoms. The predicted molar refractivity (Wildman–Crippen MR) is 346 cm³/mol. The fourth-order valence-corrected chi connectivity index (χ4v) is 10.5. The number of esters is 5. The standard InChI is InChI=1S/C73H109NO15/c1-9-11-13-15-17-19-21-23-25-27-29-31-42-50-60(85-69(79)57-46-38-34-39-47-57)59(74-62(75)51-43-32-30-28-26-24-22-20-18-16-14-12-10-2)52-84-71-67(87-70(80)58-48-40-35-41-49-58)66(82-55-64(77)89-73(6,7)8)65(81-54-63(76)88-72(3,4)5)61(86-71)53-83-68(78)56-44-36-33-37-45-56/h33-42,44-50,59-61,65-67,71H,9-32,43,51-55H2,1-8H3,(H,74,75)/t59-,60+,61+,65-,66-,67+,71+/m0/s1. The maximum atomic E-state index is 14.3. The summed E-state index contributed by atoms with van der Waals surface area (Å²) in [7, 11) is 0. The number of carbonyl (C=O) groups is 6. The normalized spacial score (nSPS) is 17.6. The zero-order chi connectivity index (χ0) is 64.5. The Morgan fingerprint density at radius 1 is 0.494 bits per heavy atom. The van der Waals surface area contributed by atoms with E-state index in [1.807, 2.05) is 6.08 Å². The zero-order valence-electron chi connectivity index (χ0n) is 55.2. The molecule has 0 radical (unpaired) electrons. The third kappa shape index (κ3) is 33.1. The van der Waals surface area contributed by atoms with Crippen LogP contribution >= 0.6 is 0 Å². The van der Waals surface area contributed by atoms with Crippen molar-refractivity contribution < 1.29 is 71.4 Å². The van der Waals surface area contributed by atoms with Gasteiger partial charge in [0, 0.05) is 6.42 Å². The number of nitrogens with one attached hydrogen (secondary N) is 1. The van der Waals surface area contributed by atoms with Crippen molar-refractivity contribution in [3.63, 3.8) is 0 Å². The van der Waals surface area contributed by atoms with E-state index in [9.17, 15) is 28.8 Å². The first-order chi connectivity index (χ1) is 42.9. The summed E-state index contributed by atoms with van der Waals surface area (Å²) >= 11 is 0. The molecule has 0 aromatic heterocycles. The first-order valence-electron chi connectivity index (χ1n) is 33.5. The van der Waals surface area contributed by atoms with E-state index in [1.54, 1.807) is 139 Å². The van der Waals surface area contributed by atoms with Gasteiger partial charge in [0.2, 0.25) is 5.91 Å². The van der Waals surface area contributed by atoms with Gasteiger partial charge in [-0.3, -0.25) is 4.79 Å². The van der Waals surface area contributed by atoms with Crippen LogP contribution in [0.25, 0.3) is 0 Å². The molecule has 1 aliphatic rings. The molecule has 89 heavy (non-hydrogen) atoms. The number of ether oxygens (including phenoxy) is 9. The van der Waals surface area contributed by atoms with Gasteiger partial charge < -0.3 is 47.9 Å². The van der Waals surface area contributed by atoms with Crippen LogP contribution in [0.15, 0.2) is 103 Å². The molecule has 1 saturated heterocycles. The Morgan fingerprint density at radius 2 is 0.910 bits per heavy atom. The molecule has 1 fully saturated rings. The van der Waals surface area contributed by atoms with Gasteiger partial charge >= 0.3 is 29.8 Å². The van der Waals surface area contributed by atoms with E-state index in [0.717, 1.165) is 44.9 Å². The monoisotopic (exact) mass is 1240 g/mol. The first-order valence-corrected chi connectivity index (χ1v) is 33.5. The van der Waals surface area contributed by atoms with Gasteiger partial charge in [0.1, 0.15) is 55.4 Å². The average Bonchev–Trinajstić information content (AvgIpc) is 0.929. The van der Waals surface area contributed by atoms with E-state index >= 15 is 0 Å². The highest BCUT2D eigenvalue weighted by Gasteiger charge is 2.52. The number of amides is 1. The minimum absolute atomic E-state index is 0.149. The van der Waals surface area contributed by atoms with Crippen LogP contribution in [0.1, 0.15) is 253 Å². The number of hydrogen-bond acceptors (Lipinski definition) is 15. The molecule has 1 heterocycles. The van der Waals surface area contributed by atoms with Gasteiger partial charge in [-0.25, -0.2) is 24.0 Å². The van der Waals surface area contributed by atoms with Crippen molar-refractivity contribution in [3.8, 4) is 0 Å². The van der Waals surface area contributed by atoms with Crippen molar-refractivity contribution in [2.75, 3.05) is 26.4 Å². The van der Waals surface area contributed by atoms with E-state index in [0.29, 0.717) is 18.4 Å². The van der Waals surface area contributed by atoms with Crippen LogP contribution in [0.5, 0.6) is 0 Å². The Kier molecular flexibility index (Phi) is 37.1. The summed E-state index contributed by atoms with van der Waals surface area (Å²) in [6, 6.07) is 24.0. The van der Waals surface area contributed by atoms with Crippen LogP contribution in [-0.2, 0) is 57.0 Å². The van der Waals surface area contributed by atoms with Crippen LogP contribution in [0.3, 0.4) is 0 Å². The molecule has 1 aliphatic heterocycles. The predicted octanol–water partition coefficient (Wildman–Crippen LogP) is 15.7. The minimum Gasteiger partial charge on any atom is -0.459 e. The fourth-order valence-electron chi connectivity index (χ4n) is 10.5. The number of hydrogen-bond donors (Lipinski definition) is 1. The molecule has 4 rings (SSSR count). The number of unbranched alkanes of at least 4 members (excludes halogenated alkanes) is 23. The molecule has 0 bridgehead atoms. The number of rotatable bonds is 45. The molecule has 3 aromatic carbocycles. The zero-order valence-corrected chi connectivity index (χ0v) is 55.2. The van der Waals surface area contributed by atoms with Crippen LogP contribution in [0.2, 0.25) is 0 Å². The third-order valence-corrected chi connectivity index (χ3v) is 15.1. The third-order valence-electron chi connectivity index (χ3n) is 15.1. The molecule has 7 atom stereocenters. The van der Waals surface area contributed by atoms with Gasteiger partial charge in [0.05, 0.1) is 29.3 Å².